The lowest BCUT2D eigenvalue weighted by molar-refractivity contribution is -0.384. The molecule has 3 amide bonds. The average molecular weight is 380 g/mol. The van der Waals surface area contributed by atoms with E-state index in [2.05, 4.69) is 16.0 Å². The van der Waals surface area contributed by atoms with Crippen molar-refractivity contribution in [3.05, 3.63) is 80.5 Å². The summed E-state index contributed by atoms with van der Waals surface area (Å²) in [4.78, 5) is 35.4. The number of nitro groups is 1. The summed E-state index contributed by atoms with van der Waals surface area (Å²) >= 11 is 0. The second-order valence-electron chi connectivity index (χ2n) is 6.62. The molecule has 0 fully saturated rings. The summed E-state index contributed by atoms with van der Waals surface area (Å²) < 4.78 is 0. The third-order valence-electron chi connectivity index (χ3n) is 4.80. The van der Waals surface area contributed by atoms with Gasteiger partial charge in [-0.2, -0.15) is 0 Å². The number of benzene rings is 2. The Morgan fingerprint density at radius 2 is 1.79 bits per heavy atom. The minimum atomic E-state index is -0.723. The zero-order chi connectivity index (χ0) is 20.4. The Bertz CT molecular complexity index is 996. The SMILES string of the molecule is CC1=C(C(=O)Nc2cccc(C)c2C)C(c2ccc([N+](=O)[O-])cc2)NC(=O)N1. The number of nitrogens with zero attached hydrogens (tertiary/aromatic N) is 1. The van der Waals surface area contributed by atoms with Gasteiger partial charge in [-0.25, -0.2) is 4.79 Å². The van der Waals surface area contributed by atoms with Crippen molar-refractivity contribution in [2.24, 2.45) is 0 Å². The van der Waals surface area contributed by atoms with E-state index < -0.39 is 17.0 Å². The summed E-state index contributed by atoms with van der Waals surface area (Å²) in [6.45, 7) is 5.52. The average Bonchev–Trinajstić information content (AvgIpc) is 2.64. The van der Waals surface area contributed by atoms with Crippen molar-refractivity contribution in [2.75, 3.05) is 5.32 Å². The van der Waals surface area contributed by atoms with Crippen molar-refractivity contribution in [1.82, 2.24) is 10.6 Å². The van der Waals surface area contributed by atoms with E-state index in [9.17, 15) is 19.7 Å². The van der Waals surface area contributed by atoms with Crippen molar-refractivity contribution in [3.8, 4) is 0 Å². The number of nitro benzene ring substituents is 1. The van der Waals surface area contributed by atoms with Gasteiger partial charge in [0.1, 0.15) is 0 Å². The van der Waals surface area contributed by atoms with Crippen LogP contribution in [0.5, 0.6) is 0 Å². The first-order valence-corrected chi connectivity index (χ1v) is 8.68. The maximum absolute atomic E-state index is 13.0. The fourth-order valence-corrected chi connectivity index (χ4v) is 3.11. The van der Waals surface area contributed by atoms with Crippen LogP contribution in [0.4, 0.5) is 16.2 Å². The summed E-state index contributed by atoms with van der Waals surface area (Å²) in [6, 6.07) is 10.2. The van der Waals surface area contributed by atoms with Gasteiger partial charge in [-0.1, -0.05) is 12.1 Å². The lowest BCUT2D eigenvalue weighted by Crippen LogP contribution is -2.46. The minimum absolute atomic E-state index is 0.0638. The fourth-order valence-electron chi connectivity index (χ4n) is 3.11. The number of hydrogen-bond donors (Lipinski definition) is 3. The van der Waals surface area contributed by atoms with E-state index in [-0.39, 0.29) is 11.6 Å². The Hall–Kier alpha value is -3.68. The summed E-state index contributed by atoms with van der Waals surface area (Å²) in [5.74, 6) is -0.359. The largest absolute Gasteiger partial charge is 0.327 e. The molecule has 2 aromatic rings. The van der Waals surface area contributed by atoms with E-state index in [0.717, 1.165) is 11.1 Å². The maximum atomic E-state index is 13.0. The predicted octanol–water partition coefficient (Wildman–Crippen LogP) is 3.48. The van der Waals surface area contributed by atoms with Crippen LogP contribution in [0.1, 0.15) is 29.7 Å². The number of allylic oxidation sites excluding steroid dienone is 1. The van der Waals surface area contributed by atoms with Crippen molar-refractivity contribution in [1.29, 1.82) is 0 Å². The van der Waals surface area contributed by atoms with Gasteiger partial charge in [-0.05, 0) is 55.7 Å². The van der Waals surface area contributed by atoms with E-state index in [1.165, 1.54) is 24.3 Å². The number of anilines is 1. The van der Waals surface area contributed by atoms with Crippen LogP contribution in [0, 0.1) is 24.0 Å². The third kappa shape index (κ3) is 3.71. The van der Waals surface area contributed by atoms with Gasteiger partial charge in [0.2, 0.25) is 0 Å². The summed E-state index contributed by atoms with van der Waals surface area (Å²) in [6.07, 6.45) is 0. The van der Waals surface area contributed by atoms with Crippen molar-refractivity contribution < 1.29 is 14.5 Å². The smallest absolute Gasteiger partial charge is 0.319 e. The van der Waals surface area contributed by atoms with E-state index in [1.807, 2.05) is 32.0 Å². The molecule has 1 aliphatic rings. The maximum Gasteiger partial charge on any atom is 0.319 e. The number of carbonyl (C=O) groups excluding carboxylic acids is 2. The molecule has 1 aliphatic heterocycles. The molecule has 0 bridgehead atoms. The number of non-ortho nitro benzene ring substituents is 1. The van der Waals surface area contributed by atoms with Gasteiger partial charge < -0.3 is 16.0 Å². The zero-order valence-corrected chi connectivity index (χ0v) is 15.7. The van der Waals surface area contributed by atoms with Crippen LogP contribution in [0.2, 0.25) is 0 Å². The van der Waals surface area contributed by atoms with Crippen LogP contribution < -0.4 is 16.0 Å². The van der Waals surface area contributed by atoms with Gasteiger partial charge in [0.25, 0.3) is 11.6 Å². The standard InChI is InChI=1S/C20H20N4O4/c1-11-5-4-6-16(12(11)2)22-19(25)17-13(3)21-20(26)23-18(17)14-7-9-15(10-8-14)24(27)28/h4-10,18H,1-3H3,(H,22,25)(H2,21,23,26). The molecule has 3 N–H and O–H groups in total. The molecule has 28 heavy (non-hydrogen) atoms. The number of amides is 3. The molecular weight excluding hydrogens is 360 g/mol. The van der Waals surface area contributed by atoms with Gasteiger partial charge in [0, 0.05) is 23.5 Å². The molecule has 8 heteroatoms. The topological polar surface area (TPSA) is 113 Å². The van der Waals surface area contributed by atoms with E-state index in [4.69, 9.17) is 0 Å². The van der Waals surface area contributed by atoms with Crippen molar-refractivity contribution in [2.45, 2.75) is 26.8 Å². The number of nitrogens with one attached hydrogen (secondary N) is 3. The summed E-state index contributed by atoms with van der Waals surface area (Å²) in [5, 5.41) is 19.1. The first-order valence-electron chi connectivity index (χ1n) is 8.68. The number of carbonyl (C=O) groups is 2. The Balaban J connectivity index is 1.96. The molecule has 144 valence electrons. The first kappa shape index (κ1) is 19.1. The minimum Gasteiger partial charge on any atom is -0.327 e. The molecular formula is C20H20N4O4. The zero-order valence-electron chi connectivity index (χ0n) is 15.7. The third-order valence-corrected chi connectivity index (χ3v) is 4.80. The number of aryl methyl sites for hydroxylation is 1. The van der Waals surface area contributed by atoms with Gasteiger partial charge in [0.15, 0.2) is 0 Å². The molecule has 0 aromatic heterocycles. The Morgan fingerprint density at radius 1 is 1.11 bits per heavy atom. The van der Waals surface area contributed by atoms with Crippen LogP contribution in [-0.2, 0) is 4.79 Å². The molecule has 1 unspecified atom stereocenters. The quantitative estimate of drug-likeness (QED) is 0.556. The van der Waals surface area contributed by atoms with Gasteiger partial charge in [0.05, 0.1) is 16.5 Å². The Morgan fingerprint density at radius 3 is 2.43 bits per heavy atom. The number of hydrogen-bond acceptors (Lipinski definition) is 4. The van der Waals surface area contributed by atoms with Crippen LogP contribution in [0.25, 0.3) is 0 Å². The molecule has 8 nitrogen and oxygen atoms in total. The molecule has 0 aliphatic carbocycles. The lowest BCUT2D eigenvalue weighted by Gasteiger charge is -2.28. The van der Waals surface area contributed by atoms with Crippen LogP contribution >= 0.6 is 0 Å². The van der Waals surface area contributed by atoms with E-state index in [0.29, 0.717) is 22.5 Å². The molecule has 1 atom stereocenters. The highest BCUT2D eigenvalue weighted by Gasteiger charge is 2.31. The highest BCUT2D eigenvalue weighted by atomic mass is 16.6. The second-order valence-corrected chi connectivity index (χ2v) is 6.62. The molecule has 0 radical (unpaired) electrons. The van der Waals surface area contributed by atoms with Gasteiger partial charge >= 0.3 is 6.03 Å². The molecule has 0 saturated carbocycles. The Labute approximate surface area is 161 Å². The van der Waals surface area contributed by atoms with Crippen LogP contribution in [0.15, 0.2) is 53.7 Å². The number of urea groups is 1. The fraction of sp³-hybridized carbons (Fsp3) is 0.200. The molecule has 0 saturated heterocycles. The second kappa shape index (κ2) is 7.51. The monoisotopic (exact) mass is 380 g/mol. The van der Waals surface area contributed by atoms with Crippen molar-refractivity contribution >= 4 is 23.3 Å². The molecule has 1 heterocycles. The predicted molar refractivity (Wildman–Crippen MR) is 105 cm³/mol. The normalized spacial score (nSPS) is 16.2. The molecule has 0 spiro atoms. The van der Waals surface area contributed by atoms with Crippen LogP contribution in [0.3, 0.4) is 0 Å². The van der Waals surface area contributed by atoms with Gasteiger partial charge in [-0.3, -0.25) is 14.9 Å². The highest BCUT2D eigenvalue weighted by molar-refractivity contribution is 6.07. The summed E-state index contributed by atoms with van der Waals surface area (Å²) in [5.41, 5.74) is 3.96. The Kier molecular flexibility index (Phi) is 5.12. The lowest BCUT2D eigenvalue weighted by atomic mass is 9.94. The number of rotatable bonds is 4. The summed E-state index contributed by atoms with van der Waals surface area (Å²) in [7, 11) is 0. The van der Waals surface area contributed by atoms with Crippen molar-refractivity contribution in [3.63, 3.8) is 0 Å². The molecule has 2 aromatic carbocycles. The van der Waals surface area contributed by atoms with Crippen LogP contribution in [-0.4, -0.2) is 16.9 Å². The highest BCUT2D eigenvalue weighted by Crippen LogP contribution is 2.29. The van der Waals surface area contributed by atoms with E-state index in [1.54, 1.807) is 6.92 Å². The van der Waals surface area contributed by atoms with Gasteiger partial charge in [-0.15, -0.1) is 0 Å². The first-order chi connectivity index (χ1) is 13.3. The molecule has 3 rings (SSSR count). The van der Waals surface area contributed by atoms with E-state index >= 15 is 0 Å².